The van der Waals surface area contributed by atoms with Crippen LogP contribution in [-0.2, 0) is 36.7 Å². The van der Waals surface area contributed by atoms with E-state index in [1.54, 1.807) is 0 Å². The van der Waals surface area contributed by atoms with Crippen molar-refractivity contribution >= 4 is 38.1 Å². The molecule has 0 aliphatic rings. The Morgan fingerprint density at radius 1 is 0.855 bits per heavy atom. The molecule has 299 valence electrons. The van der Waals surface area contributed by atoms with E-state index in [-0.39, 0.29) is 47.9 Å². The molecule has 1 radical (unpaired) electrons. The first-order valence-electron chi connectivity index (χ1n) is 20.2. The van der Waals surface area contributed by atoms with Crippen LogP contribution in [0, 0.1) is 50.5 Å². The summed E-state index contributed by atoms with van der Waals surface area (Å²) < 4.78 is 1.29. The van der Waals surface area contributed by atoms with Gasteiger partial charge in [-0.25, -0.2) is 0 Å². The van der Waals surface area contributed by atoms with Gasteiger partial charge in [0.05, 0.1) is 10.2 Å². The summed E-state index contributed by atoms with van der Waals surface area (Å²) in [4.78, 5) is 18.8. The van der Waals surface area contributed by atoms with E-state index in [9.17, 15) is 9.90 Å². The van der Waals surface area contributed by atoms with Gasteiger partial charge in [0, 0.05) is 47.6 Å². The van der Waals surface area contributed by atoms with Gasteiger partial charge < -0.3 is 5.11 Å². The number of hydrogen-bond acceptors (Lipinski definition) is 4. The number of carbonyl (C=O) groups is 1. The van der Waals surface area contributed by atoms with E-state index in [1.807, 2.05) is 52.9 Å². The van der Waals surface area contributed by atoms with Gasteiger partial charge in [0.25, 0.3) is 0 Å². The standard InChI is InChI=1S/C35H38NS.C15H28O2.Ir/c1-20(2)14-25-15-21(3)32(22(4)16-25)29-19-31(36-33-23(5)24(6)37-34(29)33)27-17-26-12-10-11-13-28(26)30(18-27)35(7,8)9;1-7-14(5,8-2)12(16)11-13(17)15(6,9-3)10-4;/h10-13,15-16,18-20H,14H2,1-9H3;11,16H,7-10H2,1-6H3;/q-1;;/b;12-11-;. The molecule has 3 nitrogen and oxygen atoms in total. The van der Waals surface area contributed by atoms with Crippen LogP contribution in [0.5, 0.6) is 0 Å². The number of allylic oxidation sites excluding steroid dienone is 2. The number of pyridine rings is 1. The number of aromatic nitrogens is 1. The Balaban J connectivity index is 0.000000385. The van der Waals surface area contributed by atoms with Gasteiger partial charge in [-0.05, 0) is 105 Å². The van der Waals surface area contributed by atoms with Gasteiger partial charge in [-0.1, -0.05) is 124 Å². The molecule has 2 aromatic heterocycles. The number of carbonyl (C=O) groups excluding carboxylic acids is 1. The predicted octanol–water partition coefficient (Wildman–Crippen LogP) is 15.0. The van der Waals surface area contributed by atoms with Crippen LogP contribution in [0.3, 0.4) is 0 Å². The molecule has 5 aromatic rings. The van der Waals surface area contributed by atoms with Crippen LogP contribution in [-0.4, -0.2) is 15.9 Å². The molecule has 0 aliphatic carbocycles. The van der Waals surface area contributed by atoms with Crippen LogP contribution in [0.25, 0.3) is 43.4 Å². The van der Waals surface area contributed by atoms with Crippen molar-refractivity contribution in [1.29, 1.82) is 0 Å². The number of rotatable bonds is 11. The fourth-order valence-electron chi connectivity index (χ4n) is 7.35. The summed E-state index contributed by atoms with van der Waals surface area (Å²) in [7, 11) is 0. The van der Waals surface area contributed by atoms with Crippen molar-refractivity contribution < 1.29 is 30.0 Å². The van der Waals surface area contributed by atoms with Crippen molar-refractivity contribution in [2.24, 2.45) is 16.7 Å². The van der Waals surface area contributed by atoms with Crippen molar-refractivity contribution in [2.45, 2.75) is 141 Å². The molecule has 0 atom stereocenters. The number of aliphatic hydroxyl groups is 1. The van der Waals surface area contributed by atoms with E-state index in [0.717, 1.165) is 54.3 Å². The molecular weight excluding hydrogens is 871 g/mol. The Labute approximate surface area is 350 Å². The van der Waals surface area contributed by atoms with Crippen molar-refractivity contribution in [1.82, 2.24) is 4.98 Å². The van der Waals surface area contributed by atoms with Crippen LogP contribution < -0.4 is 0 Å². The number of hydrogen-bond donors (Lipinski definition) is 1. The Morgan fingerprint density at radius 2 is 1.42 bits per heavy atom. The SMILES string of the molecule is CCC(C)(CC)C(=O)/C=C(\O)C(C)(CC)CC.Cc1cc(CC(C)C)cc(C)c1-c1cc(-c2[c-]c3ccccc3c(C(C)(C)C)c2)nc2c(C)c(C)sc12.[Ir]. The second-order valence-electron chi connectivity index (χ2n) is 17.5. The molecule has 0 unspecified atom stereocenters. The first kappa shape index (κ1) is 46.3. The monoisotopic (exact) mass is 937 g/mol. The third-order valence-electron chi connectivity index (χ3n) is 12.1. The molecule has 0 aliphatic heterocycles. The van der Waals surface area contributed by atoms with Crippen LogP contribution >= 0.6 is 11.3 Å². The molecule has 3 aromatic carbocycles. The zero-order valence-corrected chi connectivity index (χ0v) is 39.6. The van der Waals surface area contributed by atoms with Gasteiger partial charge in [0.2, 0.25) is 0 Å². The van der Waals surface area contributed by atoms with Gasteiger partial charge >= 0.3 is 0 Å². The van der Waals surface area contributed by atoms with Crippen molar-refractivity contribution in [3.05, 3.63) is 99.1 Å². The molecule has 0 saturated heterocycles. The smallest absolute Gasteiger partial charge is 0.164 e. The molecule has 0 fully saturated rings. The topological polar surface area (TPSA) is 50.2 Å². The summed E-state index contributed by atoms with van der Waals surface area (Å²) in [6, 6.07) is 21.8. The third kappa shape index (κ3) is 10.1. The summed E-state index contributed by atoms with van der Waals surface area (Å²) in [5.74, 6) is 0.931. The molecule has 2 heterocycles. The summed E-state index contributed by atoms with van der Waals surface area (Å²) in [5.41, 5.74) is 12.0. The first-order valence-corrected chi connectivity index (χ1v) is 21.0. The molecular formula is C50H66IrNO2S-. The second-order valence-corrected chi connectivity index (χ2v) is 18.8. The molecule has 0 spiro atoms. The molecule has 0 saturated carbocycles. The van der Waals surface area contributed by atoms with Gasteiger partial charge in [-0.15, -0.1) is 40.5 Å². The number of aliphatic hydroxyl groups excluding tert-OH is 1. The molecule has 5 rings (SSSR count). The maximum Gasteiger partial charge on any atom is 0.164 e. The number of nitrogens with zero attached hydrogens (tertiary/aromatic N) is 1. The Kier molecular flexibility index (Phi) is 15.5. The normalized spacial score (nSPS) is 12.5. The largest absolute Gasteiger partial charge is 0.512 e. The van der Waals surface area contributed by atoms with Crippen LogP contribution in [0.4, 0.5) is 0 Å². The molecule has 1 N–H and O–H groups in total. The fraction of sp³-hybridized carbons (Fsp3) is 0.480. The zero-order valence-electron chi connectivity index (χ0n) is 36.4. The second kappa shape index (κ2) is 18.4. The Bertz CT molecular complexity index is 2130. The Morgan fingerprint density at radius 3 is 1.95 bits per heavy atom. The van der Waals surface area contributed by atoms with Crippen LogP contribution in [0.2, 0.25) is 0 Å². The minimum absolute atomic E-state index is 0. The summed E-state index contributed by atoms with van der Waals surface area (Å²) in [6.07, 6.45) is 5.86. The first-order chi connectivity index (χ1) is 25.2. The maximum absolute atomic E-state index is 12.2. The molecule has 0 amide bonds. The van der Waals surface area contributed by atoms with Gasteiger partial charge in [0.15, 0.2) is 5.78 Å². The maximum atomic E-state index is 12.2. The summed E-state index contributed by atoms with van der Waals surface area (Å²) in [5, 5.41) is 12.6. The number of benzene rings is 3. The average Bonchev–Trinajstić information content (AvgIpc) is 3.41. The van der Waals surface area contributed by atoms with E-state index in [2.05, 4.69) is 117 Å². The number of fused-ring (bicyclic) bond motifs is 2. The van der Waals surface area contributed by atoms with Crippen molar-refractivity contribution in [2.75, 3.05) is 0 Å². The molecule has 0 bridgehead atoms. The Hall–Kier alpha value is -3.11. The van der Waals surface area contributed by atoms with Crippen LogP contribution in [0.1, 0.15) is 135 Å². The summed E-state index contributed by atoms with van der Waals surface area (Å²) in [6.45, 7) is 32.5. The third-order valence-corrected chi connectivity index (χ3v) is 13.3. The average molecular weight is 937 g/mol. The molecule has 55 heavy (non-hydrogen) atoms. The number of thiophene rings is 1. The minimum atomic E-state index is -0.337. The van der Waals surface area contributed by atoms with Crippen molar-refractivity contribution in [3.63, 3.8) is 0 Å². The molecule has 5 heteroatoms. The van der Waals surface area contributed by atoms with E-state index >= 15 is 0 Å². The van der Waals surface area contributed by atoms with E-state index in [0.29, 0.717) is 5.92 Å². The van der Waals surface area contributed by atoms with Crippen LogP contribution in [0.15, 0.2) is 60.4 Å². The number of ketones is 1. The quantitative estimate of drug-likeness (QED) is 0.0815. The zero-order chi connectivity index (χ0) is 40.3. The predicted molar refractivity (Wildman–Crippen MR) is 236 cm³/mol. The summed E-state index contributed by atoms with van der Waals surface area (Å²) >= 11 is 1.87. The van der Waals surface area contributed by atoms with Gasteiger partial charge in [-0.2, -0.15) is 0 Å². The fourth-order valence-corrected chi connectivity index (χ4v) is 8.47. The van der Waals surface area contributed by atoms with E-state index in [4.69, 9.17) is 4.98 Å². The van der Waals surface area contributed by atoms with E-state index in [1.165, 1.54) is 60.0 Å². The van der Waals surface area contributed by atoms with Gasteiger partial charge in [0.1, 0.15) is 5.76 Å². The number of aryl methyl sites for hydroxylation is 4. The van der Waals surface area contributed by atoms with Gasteiger partial charge in [-0.3, -0.25) is 9.78 Å². The van der Waals surface area contributed by atoms with E-state index < -0.39 is 0 Å². The van der Waals surface area contributed by atoms with Crippen molar-refractivity contribution in [3.8, 4) is 22.4 Å². The minimum Gasteiger partial charge on any atom is -0.512 e.